The van der Waals surface area contributed by atoms with Crippen molar-refractivity contribution in [3.63, 3.8) is 0 Å². The average molecular weight is 313 g/mol. The van der Waals surface area contributed by atoms with E-state index in [1.165, 1.54) is 0 Å². The van der Waals surface area contributed by atoms with Crippen molar-refractivity contribution in [3.05, 3.63) is 42.4 Å². The number of nitrogens with zero attached hydrogens (tertiary/aromatic N) is 4. The summed E-state index contributed by atoms with van der Waals surface area (Å²) in [6.45, 7) is 5.04. The number of aromatic nitrogens is 3. The number of carbonyl (C=O) groups excluding carboxylic acids is 1. The van der Waals surface area contributed by atoms with E-state index >= 15 is 0 Å². The highest BCUT2D eigenvalue weighted by molar-refractivity contribution is 5.79. The smallest absolute Gasteiger partial charge is 0.224 e. The Morgan fingerprint density at radius 3 is 2.87 bits per heavy atom. The van der Waals surface area contributed by atoms with Gasteiger partial charge >= 0.3 is 0 Å². The highest BCUT2D eigenvalue weighted by atomic mass is 16.1. The molecular weight excluding hydrogens is 290 g/mol. The molecule has 1 aliphatic heterocycles. The zero-order valence-electron chi connectivity index (χ0n) is 13.5. The first-order chi connectivity index (χ1) is 11.2. The first-order valence-electron chi connectivity index (χ1n) is 8.16. The fourth-order valence-corrected chi connectivity index (χ4v) is 2.93. The van der Waals surface area contributed by atoms with E-state index in [1.807, 2.05) is 43.6 Å². The summed E-state index contributed by atoms with van der Waals surface area (Å²) in [4.78, 5) is 14.5. The topological polar surface area (TPSA) is 63.1 Å². The second-order valence-electron chi connectivity index (χ2n) is 6.03. The van der Waals surface area contributed by atoms with Crippen LogP contribution in [0.5, 0.6) is 0 Å². The molecule has 6 nitrogen and oxygen atoms in total. The minimum absolute atomic E-state index is 0.0246. The Kier molecular flexibility index (Phi) is 4.90. The van der Waals surface area contributed by atoms with Crippen LogP contribution in [-0.4, -0.2) is 40.3 Å². The number of hydrogen-bond donors (Lipinski definition) is 1. The molecule has 23 heavy (non-hydrogen) atoms. The Morgan fingerprint density at radius 2 is 2.13 bits per heavy atom. The van der Waals surface area contributed by atoms with Gasteiger partial charge in [-0.05, 0) is 44.0 Å². The van der Waals surface area contributed by atoms with Gasteiger partial charge in [0.1, 0.15) is 0 Å². The van der Waals surface area contributed by atoms with Crippen molar-refractivity contribution in [2.75, 3.05) is 24.5 Å². The van der Waals surface area contributed by atoms with Gasteiger partial charge in [0.2, 0.25) is 5.91 Å². The van der Waals surface area contributed by atoms with Crippen molar-refractivity contribution in [2.24, 2.45) is 5.92 Å². The quantitative estimate of drug-likeness (QED) is 0.911. The number of anilines is 1. The number of aryl methyl sites for hydroxylation is 1. The van der Waals surface area contributed by atoms with Gasteiger partial charge in [-0.15, -0.1) is 5.10 Å². The molecule has 1 saturated heterocycles. The van der Waals surface area contributed by atoms with E-state index in [-0.39, 0.29) is 11.8 Å². The van der Waals surface area contributed by atoms with Crippen LogP contribution >= 0.6 is 0 Å². The first kappa shape index (κ1) is 15.5. The average Bonchev–Trinajstić information content (AvgIpc) is 3.09. The van der Waals surface area contributed by atoms with E-state index < -0.39 is 0 Å². The summed E-state index contributed by atoms with van der Waals surface area (Å²) in [6.07, 6.45) is 5.95. The molecule has 1 unspecified atom stereocenters. The van der Waals surface area contributed by atoms with Gasteiger partial charge in [-0.2, -0.15) is 5.10 Å². The maximum absolute atomic E-state index is 12.4. The van der Waals surface area contributed by atoms with Crippen LogP contribution < -0.4 is 10.2 Å². The minimum atomic E-state index is 0.0246. The van der Waals surface area contributed by atoms with E-state index in [0.717, 1.165) is 37.4 Å². The van der Waals surface area contributed by atoms with Crippen LogP contribution in [0.4, 0.5) is 5.82 Å². The van der Waals surface area contributed by atoms with Crippen molar-refractivity contribution >= 4 is 11.7 Å². The van der Waals surface area contributed by atoms with Crippen LogP contribution in [0.25, 0.3) is 0 Å². The van der Waals surface area contributed by atoms with E-state index in [0.29, 0.717) is 13.1 Å². The monoisotopic (exact) mass is 313 g/mol. The van der Waals surface area contributed by atoms with E-state index in [1.54, 1.807) is 0 Å². The summed E-state index contributed by atoms with van der Waals surface area (Å²) in [5.41, 5.74) is 0.907. The van der Waals surface area contributed by atoms with Crippen LogP contribution in [0.2, 0.25) is 0 Å². The van der Waals surface area contributed by atoms with E-state index in [4.69, 9.17) is 0 Å². The normalized spacial score (nSPS) is 18.0. The number of amides is 1. The molecule has 3 heterocycles. The van der Waals surface area contributed by atoms with Crippen LogP contribution in [0.3, 0.4) is 0 Å². The number of rotatable bonds is 5. The molecule has 6 heteroatoms. The summed E-state index contributed by atoms with van der Waals surface area (Å²) in [6, 6.07) is 7.92. The third kappa shape index (κ3) is 4.09. The molecule has 0 radical (unpaired) electrons. The molecule has 2 aromatic rings. The maximum atomic E-state index is 12.4. The molecular formula is C17H23N5O. The lowest BCUT2D eigenvalue weighted by molar-refractivity contribution is -0.125. The van der Waals surface area contributed by atoms with Crippen molar-refractivity contribution in [1.29, 1.82) is 0 Å². The van der Waals surface area contributed by atoms with Crippen molar-refractivity contribution in [1.82, 2.24) is 20.1 Å². The van der Waals surface area contributed by atoms with Gasteiger partial charge in [-0.1, -0.05) is 0 Å². The van der Waals surface area contributed by atoms with Crippen molar-refractivity contribution < 1.29 is 4.79 Å². The Bertz CT molecular complexity index is 623. The molecule has 1 aliphatic rings. The summed E-state index contributed by atoms with van der Waals surface area (Å²) in [5, 5.41) is 11.4. The van der Waals surface area contributed by atoms with Gasteiger partial charge < -0.3 is 14.8 Å². The van der Waals surface area contributed by atoms with Crippen LogP contribution in [0.15, 0.2) is 36.7 Å². The second-order valence-corrected chi connectivity index (χ2v) is 6.03. The Morgan fingerprint density at radius 1 is 1.30 bits per heavy atom. The van der Waals surface area contributed by atoms with Gasteiger partial charge in [0.15, 0.2) is 5.82 Å². The van der Waals surface area contributed by atoms with E-state index in [9.17, 15) is 4.79 Å². The summed E-state index contributed by atoms with van der Waals surface area (Å²) >= 11 is 0. The standard InChI is InChI=1S/C17H23N5O/c1-14-6-7-16(20-19-14)22-11-4-5-15(13-22)17(23)18-8-12-21-9-2-3-10-21/h2-3,6-7,9-10,15H,4-5,8,11-13H2,1H3,(H,18,23). The highest BCUT2D eigenvalue weighted by Gasteiger charge is 2.26. The van der Waals surface area contributed by atoms with Crippen molar-refractivity contribution in [3.8, 4) is 0 Å². The van der Waals surface area contributed by atoms with Crippen LogP contribution in [-0.2, 0) is 11.3 Å². The Balaban J connectivity index is 1.51. The van der Waals surface area contributed by atoms with Gasteiger partial charge in [0.25, 0.3) is 0 Å². The molecule has 1 atom stereocenters. The molecule has 1 fully saturated rings. The largest absolute Gasteiger partial charge is 0.354 e. The summed E-state index contributed by atoms with van der Waals surface area (Å²) < 4.78 is 2.06. The minimum Gasteiger partial charge on any atom is -0.354 e. The van der Waals surface area contributed by atoms with Gasteiger partial charge in [-0.3, -0.25) is 4.79 Å². The first-order valence-corrected chi connectivity index (χ1v) is 8.16. The second kappa shape index (κ2) is 7.26. The lowest BCUT2D eigenvalue weighted by Crippen LogP contribution is -2.44. The van der Waals surface area contributed by atoms with E-state index in [2.05, 4.69) is 25.0 Å². The molecule has 0 spiro atoms. The number of carbonyl (C=O) groups is 1. The molecule has 0 saturated carbocycles. The third-order valence-corrected chi connectivity index (χ3v) is 4.24. The molecule has 3 rings (SSSR count). The molecule has 0 aromatic carbocycles. The molecule has 122 valence electrons. The molecule has 2 aromatic heterocycles. The maximum Gasteiger partial charge on any atom is 0.224 e. The third-order valence-electron chi connectivity index (χ3n) is 4.24. The van der Waals surface area contributed by atoms with Crippen LogP contribution in [0.1, 0.15) is 18.5 Å². The van der Waals surface area contributed by atoms with Crippen molar-refractivity contribution in [2.45, 2.75) is 26.3 Å². The van der Waals surface area contributed by atoms with Gasteiger partial charge in [-0.25, -0.2) is 0 Å². The Hall–Kier alpha value is -2.37. The lowest BCUT2D eigenvalue weighted by Gasteiger charge is -2.32. The van der Waals surface area contributed by atoms with Crippen LogP contribution in [0, 0.1) is 12.8 Å². The Labute approximate surface area is 136 Å². The number of piperidine rings is 1. The molecule has 1 N–H and O–H groups in total. The summed E-state index contributed by atoms with van der Waals surface area (Å²) in [5.74, 6) is 1.03. The molecule has 0 bridgehead atoms. The zero-order valence-corrected chi connectivity index (χ0v) is 13.5. The fraction of sp³-hybridized carbons (Fsp3) is 0.471. The molecule has 0 aliphatic carbocycles. The lowest BCUT2D eigenvalue weighted by atomic mass is 9.97. The SMILES string of the molecule is Cc1ccc(N2CCCC(C(=O)NCCn3cccc3)C2)nn1. The zero-order chi connectivity index (χ0) is 16.1. The predicted octanol–water partition coefficient (Wildman–Crippen LogP) is 1.62. The predicted molar refractivity (Wildman–Crippen MR) is 89.1 cm³/mol. The number of nitrogens with one attached hydrogen (secondary N) is 1. The highest BCUT2D eigenvalue weighted by Crippen LogP contribution is 2.21. The van der Waals surface area contributed by atoms with Gasteiger partial charge in [0.05, 0.1) is 11.6 Å². The van der Waals surface area contributed by atoms with Gasteiger partial charge in [0, 0.05) is 38.6 Å². The number of hydrogen-bond acceptors (Lipinski definition) is 4. The molecule has 1 amide bonds. The summed E-state index contributed by atoms with van der Waals surface area (Å²) in [7, 11) is 0. The fourth-order valence-electron chi connectivity index (χ4n) is 2.93.